The molecule has 2 aromatic rings. The Hall–Kier alpha value is -1.00. The first-order chi connectivity index (χ1) is 6.25. The summed E-state index contributed by atoms with van der Waals surface area (Å²) >= 11 is 7.29. The zero-order valence-corrected chi connectivity index (χ0v) is 8.43. The van der Waals surface area contributed by atoms with Crippen molar-refractivity contribution in [2.75, 3.05) is 0 Å². The van der Waals surface area contributed by atoms with Crippen LogP contribution in [0.5, 0.6) is 0 Å². The molecular formula is C8H6ClN3S. The van der Waals surface area contributed by atoms with Gasteiger partial charge in [-0.2, -0.15) is 0 Å². The molecule has 0 aliphatic heterocycles. The summed E-state index contributed by atoms with van der Waals surface area (Å²) in [6.45, 7) is 1.88. The van der Waals surface area contributed by atoms with Crippen molar-refractivity contribution in [2.24, 2.45) is 0 Å². The molecule has 0 unspecified atom stereocenters. The molecule has 0 aliphatic carbocycles. The standard InChI is InChI=1S/C8H6ClN3S/c1-5-4-6(9)12-7(11-5)8-10-2-3-13-8/h2-4H,1H3. The third-order valence-corrected chi connectivity index (χ3v) is 2.41. The molecule has 0 atom stereocenters. The number of rotatable bonds is 1. The highest BCUT2D eigenvalue weighted by Crippen LogP contribution is 2.19. The van der Waals surface area contributed by atoms with Crippen LogP contribution in [0.4, 0.5) is 0 Å². The van der Waals surface area contributed by atoms with Crippen molar-refractivity contribution in [3.8, 4) is 10.8 Å². The van der Waals surface area contributed by atoms with Crippen LogP contribution in [0.1, 0.15) is 5.69 Å². The van der Waals surface area contributed by atoms with E-state index in [9.17, 15) is 0 Å². The fourth-order valence-electron chi connectivity index (χ4n) is 0.960. The van der Waals surface area contributed by atoms with E-state index in [1.807, 2.05) is 12.3 Å². The minimum atomic E-state index is 0.456. The molecule has 0 radical (unpaired) electrons. The Morgan fingerprint density at radius 2 is 2.23 bits per heavy atom. The topological polar surface area (TPSA) is 38.7 Å². The average molecular weight is 212 g/mol. The fraction of sp³-hybridized carbons (Fsp3) is 0.125. The van der Waals surface area contributed by atoms with Crippen molar-refractivity contribution in [1.29, 1.82) is 0 Å². The SMILES string of the molecule is Cc1cc(Cl)nc(-c2nccs2)n1. The van der Waals surface area contributed by atoms with E-state index in [2.05, 4.69) is 15.0 Å². The van der Waals surface area contributed by atoms with E-state index >= 15 is 0 Å². The lowest BCUT2D eigenvalue weighted by atomic mass is 10.4. The van der Waals surface area contributed by atoms with E-state index in [1.54, 1.807) is 12.3 Å². The second-order valence-electron chi connectivity index (χ2n) is 2.49. The smallest absolute Gasteiger partial charge is 0.190 e. The average Bonchev–Trinajstić information content (AvgIpc) is 2.53. The highest BCUT2D eigenvalue weighted by Gasteiger charge is 2.05. The Kier molecular flexibility index (Phi) is 2.24. The van der Waals surface area contributed by atoms with E-state index in [0.29, 0.717) is 11.0 Å². The van der Waals surface area contributed by atoms with Crippen molar-refractivity contribution in [1.82, 2.24) is 15.0 Å². The molecule has 2 rings (SSSR count). The van der Waals surface area contributed by atoms with Crippen molar-refractivity contribution in [3.05, 3.63) is 28.5 Å². The number of aromatic nitrogens is 3. The third kappa shape index (κ3) is 1.84. The highest BCUT2D eigenvalue weighted by atomic mass is 35.5. The van der Waals surface area contributed by atoms with Crippen LogP contribution in [0.15, 0.2) is 17.6 Å². The monoisotopic (exact) mass is 211 g/mol. The Balaban J connectivity index is 2.53. The van der Waals surface area contributed by atoms with Crippen LogP contribution in [-0.2, 0) is 0 Å². The van der Waals surface area contributed by atoms with Crippen molar-refractivity contribution in [3.63, 3.8) is 0 Å². The van der Waals surface area contributed by atoms with Gasteiger partial charge in [-0.25, -0.2) is 15.0 Å². The summed E-state index contributed by atoms with van der Waals surface area (Å²) in [5.41, 5.74) is 0.852. The van der Waals surface area contributed by atoms with Crippen LogP contribution in [0.2, 0.25) is 5.15 Å². The maximum atomic E-state index is 5.79. The normalized spacial score (nSPS) is 10.3. The summed E-state index contributed by atoms with van der Waals surface area (Å²) in [6.07, 6.45) is 1.72. The Labute approximate surface area is 84.5 Å². The van der Waals surface area contributed by atoms with Crippen LogP contribution in [0.3, 0.4) is 0 Å². The molecular weight excluding hydrogens is 206 g/mol. The van der Waals surface area contributed by atoms with Gasteiger partial charge < -0.3 is 0 Å². The summed E-state index contributed by atoms with van der Waals surface area (Å²) in [7, 11) is 0. The first kappa shape index (κ1) is 8.59. The quantitative estimate of drug-likeness (QED) is 0.681. The molecule has 2 heterocycles. The van der Waals surface area contributed by atoms with Gasteiger partial charge in [0.25, 0.3) is 0 Å². The minimum Gasteiger partial charge on any atom is -0.241 e. The van der Waals surface area contributed by atoms with Gasteiger partial charge in [-0.05, 0) is 13.0 Å². The molecule has 0 amide bonds. The van der Waals surface area contributed by atoms with Crippen molar-refractivity contribution < 1.29 is 0 Å². The Bertz CT molecular complexity index is 393. The van der Waals surface area contributed by atoms with Crippen LogP contribution < -0.4 is 0 Å². The molecule has 0 fully saturated rings. The van der Waals surface area contributed by atoms with Crippen molar-refractivity contribution in [2.45, 2.75) is 6.92 Å². The molecule has 66 valence electrons. The molecule has 0 spiro atoms. The highest BCUT2D eigenvalue weighted by molar-refractivity contribution is 7.13. The number of nitrogens with zero attached hydrogens (tertiary/aromatic N) is 3. The predicted octanol–water partition coefficient (Wildman–Crippen LogP) is 2.56. The number of aryl methyl sites for hydroxylation is 1. The molecule has 0 N–H and O–H groups in total. The van der Waals surface area contributed by atoms with Gasteiger partial charge in [0.1, 0.15) is 5.15 Å². The summed E-state index contributed by atoms with van der Waals surface area (Å²) in [5.74, 6) is 0.597. The van der Waals surface area contributed by atoms with Gasteiger partial charge in [-0.3, -0.25) is 0 Å². The van der Waals surface area contributed by atoms with Crippen LogP contribution in [0, 0.1) is 6.92 Å². The van der Waals surface area contributed by atoms with Crippen LogP contribution in [0.25, 0.3) is 10.8 Å². The zero-order valence-electron chi connectivity index (χ0n) is 6.86. The van der Waals surface area contributed by atoms with E-state index in [-0.39, 0.29) is 0 Å². The predicted molar refractivity (Wildman–Crippen MR) is 52.9 cm³/mol. The third-order valence-electron chi connectivity index (χ3n) is 1.45. The summed E-state index contributed by atoms with van der Waals surface area (Å²) < 4.78 is 0. The lowest BCUT2D eigenvalue weighted by Crippen LogP contribution is -1.91. The Morgan fingerprint density at radius 3 is 2.85 bits per heavy atom. The molecule has 0 saturated carbocycles. The molecule has 0 aliphatic rings. The van der Waals surface area contributed by atoms with Crippen molar-refractivity contribution >= 4 is 22.9 Å². The van der Waals surface area contributed by atoms with E-state index in [1.165, 1.54) is 11.3 Å². The van der Waals surface area contributed by atoms with Gasteiger partial charge in [-0.15, -0.1) is 11.3 Å². The van der Waals surface area contributed by atoms with Gasteiger partial charge in [0, 0.05) is 17.3 Å². The molecule has 5 heteroatoms. The van der Waals surface area contributed by atoms with E-state index < -0.39 is 0 Å². The molecule has 2 aromatic heterocycles. The first-order valence-corrected chi connectivity index (χ1v) is 4.92. The second kappa shape index (κ2) is 3.40. The minimum absolute atomic E-state index is 0.456. The maximum absolute atomic E-state index is 5.79. The molecule has 13 heavy (non-hydrogen) atoms. The first-order valence-electron chi connectivity index (χ1n) is 3.67. The van der Waals surface area contributed by atoms with Gasteiger partial charge in [0.2, 0.25) is 0 Å². The van der Waals surface area contributed by atoms with Gasteiger partial charge in [-0.1, -0.05) is 11.6 Å². The summed E-state index contributed by atoms with van der Waals surface area (Å²) in [6, 6.07) is 1.72. The molecule has 0 bridgehead atoms. The summed E-state index contributed by atoms with van der Waals surface area (Å²) in [5, 5.41) is 3.14. The molecule has 3 nitrogen and oxygen atoms in total. The maximum Gasteiger partial charge on any atom is 0.190 e. The van der Waals surface area contributed by atoms with Gasteiger partial charge >= 0.3 is 0 Å². The van der Waals surface area contributed by atoms with E-state index in [4.69, 9.17) is 11.6 Å². The molecule has 0 saturated heterocycles. The zero-order chi connectivity index (χ0) is 9.26. The second-order valence-corrected chi connectivity index (χ2v) is 3.77. The van der Waals surface area contributed by atoms with Crippen LogP contribution >= 0.6 is 22.9 Å². The van der Waals surface area contributed by atoms with Gasteiger partial charge in [0.05, 0.1) is 0 Å². The molecule has 0 aromatic carbocycles. The summed E-state index contributed by atoms with van der Waals surface area (Å²) in [4.78, 5) is 12.4. The lowest BCUT2D eigenvalue weighted by Gasteiger charge is -1.97. The lowest BCUT2D eigenvalue weighted by molar-refractivity contribution is 1.10. The Morgan fingerprint density at radius 1 is 1.38 bits per heavy atom. The van der Waals surface area contributed by atoms with E-state index in [0.717, 1.165) is 10.7 Å². The fourth-order valence-corrected chi connectivity index (χ4v) is 1.77. The van der Waals surface area contributed by atoms with Crippen LogP contribution in [-0.4, -0.2) is 15.0 Å². The number of hydrogen-bond donors (Lipinski definition) is 0. The number of thiazole rings is 1. The number of halogens is 1. The number of hydrogen-bond acceptors (Lipinski definition) is 4. The largest absolute Gasteiger partial charge is 0.241 e. The van der Waals surface area contributed by atoms with Gasteiger partial charge in [0.15, 0.2) is 10.8 Å².